The fourth-order valence-corrected chi connectivity index (χ4v) is 2.71. The second kappa shape index (κ2) is 6.77. The highest BCUT2D eigenvalue weighted by molar-refractivity contribution is 9.10. The Hall–Kier alpha value is -1.05. The number of benzene rings is 1. The number of halogens is 1. The lowest BCUT2D eigenvalue weighted by molar-refractivity contribution is 0.364. The summed E-state index contributed by atoms with van der Waals surface area (Å²) >= 11 is 3.38. The molecule has 0 spiro atoms. The highest BCUT2D eigenvalue weighted by Gasteiger charge is 2.12. The summed E-state index contributed by atoms with van der Waals surface area (Å²) in [6.45, 7) is 3.23. The first-order valence-corrected chi connectivity index (χ1v) is 7.23. The minimum absolute atomic E-state index is 0.700. The quantitative estimate of drug-likeness (QED) is 0.898. The molecule has 1 aliphatic rings. The lowest BCUT2D eigenvalue weighted by Crippen LogP contribution is -2.30. The molecule has 1 atom stereocenters. The van der Waals surface area contributed by atoms with Crippen LogP contribution in [0.25, 0.3) is 0 Å². The Labute approximate surface area is 117 Å². The third-order valence-electron chi connectivity index (χ3n) is 3.37. The summed E-state index contributed by atoms with van der Waals surface area (Å²) in [4.78, 5) is 0. The monoisotopic (exact) mass is 307 g/mol. The minimum Gasteiger partial charge on any atom is -0.384 e. The van der Waals surface area contributed by atoms with Crippen LogP contribution in [0, 0.1) is 17.2 Å². The summed E-state index contributed by atoms with van der Waals surface area (Å²) in [5.74, 6) is 0.771. The second-order valence-corrected chi connectivity index (χ2v) is 5.65. The topological polar surface area (TPSA) is 47.9 Å². The van der Waals surface area contributed by atoms with Crippen LogP contribution >= 0.6 is 15.9 Å². The summed E-state index contributed by atoms with van der Waals surface area (Å²) < 4.78 is 0.945. The molecule has 2 rings (SSSR count). The molecule has 0 saturated carbocycles. The van der Waals surface area contributed by atoms with Gasteiger partial charge < -0.3 is 10.6 Å². The zero-order valence-corrected chi connectivity index (χ0v) is 12.0. The Morgan fingerprint density at radius 2 is 2.39 bits per heavy atom. The number of anilines is 1. The van der Waals surface area contributed by atoms with E-state index in [-0.39, 0.29) is 0 Å². The summed E-state index contributed by atoms with van der Waals surface area (Å²) in [5, 5.41) is 15.9. The molecule has 96 valence electrons. The van der Waals surface area contributed by atoms with Crippen LogP contribution in [-0.4, -0.2) is 19.6 Å². The van der Waals surface area contributed by atoms with Crippen LogP contribution in [0.2, 0.25) is 0 Å². The highest BCUT2D eigenvalue weighted by Crippen LogP contribution is 2.21. The van der Waals surface area contributed by atoms with E-state index in [2.05, 4.69) is 32.6 Å². The Balaban J connectivity index is 1.84. The van der Waals surface area contributed by atoms with Gasteiger partial charge >= 0.3 is 0 Å². The van der Waals surface area contributed by atoms with Crippen molar-refractivity contribution in [2.45, 2.75) is 19.3 Å². The van der Waals surface area contributed by atoms with E-state index in [0.29, 0.717) is 5.56 Å². The number of hydrogen-bond donors (Lipinski definition) is 2. The number of nitrogens with one attached hydrogen (secondary N) is 2. The summed E-state index contributed by atoms with van der Waals surface area (Å²) in [6.07, 6.45) is 3.76. The van der Waals surface area contributed by atoms with Gasteiger partial charge in [0.25, 0.3) is 0 Å². The fourth-order valence-electron chi connectivity index (χ4n) is 2.34. The van der Waals surface area contributed by atoms with Gasteiger partial charge in [0.1, 0.15) is 6.07 Å². The van der Waals surface area contributed by atoms with Crippen LogP contribution in [-0.2, 0) is 0 Å². The normalized spacial score (nSPS) is 19.2. The zero-order valence-electron chi connectivity index (χ0n) is 10.4. The van der Waals surface area contributed by atoms with Crippen molar-refractivity contribution < 1.29 is 0 Å². The van der Waals surface area contributed by atoms with E-state index in [1.165, 1.54) is 12.8 Å². The van der Waals surface area contributed by atoms with Crippen molar-refractivity contribution in [2.24, 2.45) is 5.92 Å². The van der Waals surface area contributed by atoms with Gasteiger partial charge in [0.15, 0.2) is 0 Å². The Morgan fingerprint density at radius 1 is 1.50 bits per heavy atom. The lowest BCUT2D eigenvalue weighted by Gasteiger charge is -2.22. The molecule has 4 heteroatoms. The average Bonchev–Trinajstić information content (AvgIpc) is 2.41. The Kier molecular flexibility index (Phi) is 5.03. The number of nitriles is 1. The molecule has 1 fully saturated rings. The van der Waals surface area contributed by atoms with Crippen molar-refractivity contribution in [2.75, 3.05) is 25.0 Å². The maximum atomic E-state index is 9.07. The molecule has 1 aromatic carbocycles. The van der Waals surface area contributed by atoms with E-state index in [1.807, 2.05) is 18.2 Å². The van der Waals surface area contributed by atoms with Gasteiger partial charge in [-0.1, -0.05) is 15.9 Å². The molecule has 2 N–H and O–H groups in total. The van der Waals surface area contributed by atoms with Gasteiger partial charge in [-0.3, -0.25) is 0 Å². The molecule has 1 aliphatic heterocycles. The van der Waals surface area contributed by atoms with Crippen molar-refractivity contribution in [3.63, 3.8) is 0 Å². The van der Waals surface area contributed by atoms with E-state index < -0.39 is 0 Å². The van der Waals surface area contributed by atoms with Crippen molar-refractivity contribution in [3.05, 3.63) is 28.2 Å². The van der Waals surface area contributed by atoms with Crippen LogP contribution in [0.1, 0.15) is 24.8 Å². The highest BCUT2D eigenvalue weighted by atomic mass is 79.9. The van der Waals surface area contributed by atoms with Gasteiger partial charge in [-0.2, -0.15) is 5.26 Å². The van der Waals surface area contributed by atoms with E-state index in [1.54, 1.807) is 0 Å². The molecular weight excluding hydrogens is 290 g/mol. The Bertz CT molecular complexity index is 433. The van der Waals surface area contributed by atoms with E-state index in [4.69, 9.17) is 5.26 Å². The SMILES string of the molecule is N#Cc1cc(Br)ccc1NCCC1CCCNC1. The smallest absolute Gasteiger partial charge is 0.101 e. The van der Waals surface area contributed by atoms with Gasteiger partial charge in [0.05, 0.1) is 11.3 Å². The second-order valence-electron chi connectivity index (χ2n) is 4.73. The first-order chi connectivity index (χ1) is 8.79. The van der Waals surface area contributed by atoms with Crippen molar-refractivity contribution in [1.29, 1.82) is 5.26 Å². The molecule has 0 amide bonds. The van der Waals surface area contributed by atoms with E-state index in [0.717, 1.165) is 42.1 Å². The van der Waals surface area contributed by atoms with Gasteiger partial charge in [-0.05, 0) is 56.5 Å². The number of rotatable bonds is 4. The molecule has 1 saturated heterocycles. The van der Waals surface area contributed by atoms with Crippen molar-refractivity contribution in [3.8, 4) is 6.07 Å². The predicted octanol–water partition coefficient (Wildman–Crippen LogP) is 3.12. The third-order valence-corrected chi connectivity index (χ3v) is 3.86. The average molecular weight is 308 g/mol. The van der Waals surface area contributed by atoms with E-state index >= 15 is 0 Å². The molecule has 0 bridgehead atoms. The minimum atomic E-state index is 0.700. The molecule has 1 unspecified atom stereocenters. The molecular formula is C14H18BrN3. The van der Waals surface area contributed by atoms with Gasteiger partial charge in [0.2, 0.25) is 0 Å². The molecule has 3 nitrogen and oxygen atoms in total. The summed E-state index contributed by atoms with van der Waals surface area (Å²) in [6, 6.07) is 8.00. The largest absolute Gasteiger partial charge is 0.384 e. The molecule has 0 aliphatic carbocycles. The lowest BCUT2D eigenvalue weighted by atomic mass is 9.96. The van der Waals surface area contributed by atoms with Crippen molar-refractivity contribution in [1.82, 2.24) is 5.32 Å². The maximum absolute atomic E-state index is 9.07. The Morgan fingerprint density at radius 3 is 3.11 bits per heavy atom. The van der Waals surface area contributed by atoms with Crippen LogP contribution in [0.15, 0.2) is 22.7 Å². The maximum Gasteiger partial charge on any atom is 0.101 e. The van der Waals surface area contributed by atoms with Gasteiger partial charge in [0, 0.05) is 11.0 Å². The molecule has 0 radical (unpaired) electrons. The van der Waals surface area contributed by atoms with Gasteiger partial charge in [-0.25, -0.2) is 0 Å². The molecule has 18 heavy (non-hydrogen) atoms. The predicted molar refractivity (Wildman–Crippen MR) is 77.6 cm³/mol. The fraction of sp³-hybridized carbons (Fsp3) is 0.500. The molecule has 1 heterocycles. The summed E-state index contributed by atoms with van der Waals surface area (Å²) in [5.41, 5.74) is 1.63. The first-order valence-electron chi connectivity index (χ1n) is 6.44. The molecule has 0 aromatic heterocycles. The van der Waals surface area contributed by atoms with E-state index in [9.17, 15) is 0 Å². The third kappa shape index (κ3) is 3.72. The summed E-state index contributed by atoms with van der Waals surface area (Å²) in [7, 11) is 0. The van der Waals surface area contributed by atoms with Gasteiger partial charge in [-0.15, -0.1) is 0 Å². The van der Waals surface area contributed by atoms with Crippen molar-refractivity contribution >= 4 is 21.6 Å². The first kappa shape index (κ1) is 13.4. The van der Waals surface area contributed by atoms with Crippen LogP contribution in [0.3, 0.4) is 0 Å². The number of hydrogen-bond acceptors (Lipinski definition) is 3. The van der Waals surface area contributed by atoms with Crippen LogP contribution < -0.4 is 10.6 Å². The number of nitrogens with zero attached hydrogens (tertiary/aromatic N) is 1. The zero-order chi connectivity index (χ0) is 12.8. The standard InChI is InChI=1S/C14H18BrN3/c15-13-3-4-14(12(8-13)9-16)18-7-5-11-2-1-6-17-10-11/h3-4,8,11,17-18H,1-2,5-7,10H2. The number of piperidine rings is 1. The van der Waals surface area contributed by atoms with Crippen LogP contribution in [0.5, 0.6) is 0 Å². The van der Waals surface area contributed by atoms with Crippen LogP contribution in [0.4, 0.5) is 5.69 Å². The molecule has 1 aromatic rings.